The van der Waals surface area contributed by atoms with E-state index in [1.807, 2.05) is 30.3 Å². The molecule has 9 heteroatoms. The molecule has 3 rings (SSSR count). The standard InChI is InChI=1S/C26H27NO7S/c1-19(28)22-11-7-8-12-23(22)33-15-16-34-26(29)21-13-14-24(32-3)25(17-21)35(30,31)27(2)18-20-9-5-4-6-10-20/h4-14,17H,15-16,18H2,1-3H3. The van der Waals surface area contributed by atoms with Crippen molar-refractivity contribution in [3.8, 4) is 11.5 Å². The van der Waals surface area contributed by atoms with Crippen LogP contribution in [0, 0.1) is 0 Å². The maximum atomic E-state index is 13.2. The maximum absolute atomic E-state index is 13.2. The summed E-state index contributed by atoms with van der Waals surface area (Å²) < 4.78 is 43.7. The summed E-state index contributed by atoms with van der Waals surface area (Å²) >= 11 is 0. The lowest BCUT2D eigenvalue weighted by atomic mass is 10.1. The Hall–Kier alpha value is -3.69. The summed E-state index contributed by atoms with van der Waals surface area (Å²) in [6, 6.07) is 20.0. The number of methoxy groups -OCH3 is 1. The summed E-state index contributed by atoms with van der Waals surface area (Å²) in [5.74, 6) is -0.332. The van der Waals surface area contributed by atoms with Gasteiger partial charge in [0.15, 0.2) is 5.78 Å². The summed E-state index contributed by atoms with van der Waals surface area (Å²) in [5.41, 5.74) is 1.31. The molecule has 0 aliphatic heterocycles. The minimum absolute atomic E-state index is 0.0250. The van der Waals surface area contributed by atoms with E-state index in [0.717, 1.165) is 5.56 Å². The van der Waals surface area contributed by atoms with E-state index in [1.165, 1.54) is 43.6 Å². The third kappa shape index (κ3) is 6.46. The molecule has 35 heavy (non-hydrogen) atoms. The van der Waals surface area contributed by atoms with Crippen LogP contribution in [0.3, 0.4) is 0 Å². The summed E-state index contributed by atoms with van der Waals surface area (Å²) in [7, 11) is -1.14. The molecule has 0 N–H and O–H groups in total. The molecule has 3 aromatic rings. The zero-order valence-corrected chi connectivity index (χ0v) is 20.6. The van der Waals surface area contributed by atoms with E-state index in [1.54, 1.807) is 24.3 Å². The minimum Gasteiger partial charge on any atom is -0.495 e. The van der Waals surface area contributed by atoms with E-state index < -0.39 is 16.0 Å². The van der Waals surface area contributed by atoms with Gasteiger partial charge in [0.1, 0.15) is 29.6 Å². The first-order chi connectivity index (χ1) is 16.7. The highest BCUT2D eigenvalue weighted by Crippen LogP contribution is 2.28. The Morgan fingerprint density at radius 1 is 0.886 bits per heavy atom. The van der Waals surface area contributed by atoms with Crippen molar-refractivity contribution in [1.82, 2.24) is 4.31 Å². The number of benzene rings is 3. The van der Waals surface area contributed by atoms with Crippen molar-refractivity contribution in [3.63, 3.8) is 0 Å². The number of para-hydroxylation sites is 1. The van der Waals surface area contributed by atoms with Crippen molar-refractivity contribution in [1.29, 1.82) is 0 Å². The smallest absolute Gasteiger partial charge is 0.338 e. The number of carbonyl (C=O) groups is 2. The van der Waals surface area contributed by atoms with Gasteiger partial charge in [-0.25, -0.2) is 13.2 Å². The highest BCUT2D eigenvalue weighted by Gasteiger charge is 2.26. The van der Waals surface area contributed by atoms with Crippen LogP contribution in [-0.2, 0) is 21.3 Å². The van der Waals surface area contributed by atoms with Crippen molar-refractivity contribution in [2.45, 2.75) is 18.4 Å². The van der Waals surface area contributed by atoms with Gasteiger partial charge in [-0.15, -0.1) is 0 Å². The van der Waals surface area contributed by atoms with Crippen LogP contribution in [-0.4, -0.2) is 51.8 Å². The number of hydrogen-bond acceptors (Lipinski definition) is 7. The molecule has 0 aliphatic carbocycles. The van der Waals surface area contributed by atoms with Crippen molar-refractivity contribution < 1.29 is 32.2 Å². The molecule has 0 saturated carbocycles. The zero-order valence-electron chi connectivity index (χ0n) is 19.8. The lowest BCUT2D eigenvalue weighted by molar-refractivity contribution is 0.0449. The number of ether oxygens (including phenoxy) is 3. The van der Waals surface area contributed by atoms with Gasteiger partial charge in [0, 0.05) is 13.6 Å². The fourth-order valence-corrected chi connectivity index (χ4v) is 4.69. The first-order valence-corrected chi connectivity index (χ1v) is 12.3. The summed E-state index contributed by atoms with van der Waals surface area (Å²) in [6.45, 7) is 1.53. The number of sulfonamides is 1. The third-order valence-electron chi connectivity index (χ3n) is 5.18. The van der Waals surface area contributed by atoms with Gasteiger partial charge >= 0.3 is 5.97 Å². The number of hydrogen-bond donors (Lipinski definition) is 0. The van der Waals surface area contributed by atoms with Crippen LogP contribution in [0.25, 0.3) is 0 Å². The number of carbonyl (C=O) groups excluding carboxylic acids is 2. The minimum atomic E-state index is -3.97. The van der Waals surface area contributed by atoms with Gasteiger partial charge in [0.25, 0.3) is 0 Å². The maximum Gasteiger partial charge on any atom is 0.338 e. The molecule has 0 spiro atoms. The lowest BCUT2D eigenvalue weighted by Crippen LogP contribution is -2.27. The first-order valence-electron chi connectivity index (χ1n) is 10.8. The molecule has 0 atom stereocenters. The molecular formula is C26H27NO7S. The highest BCUT2D eigenvalue weighted by molar-refractivity contribution is 7.89. The number of Topliss-reactive ketones (excluding diaryl/α,β-unsaturated/α-hetero) is 1. The Kier molecular flexibility index (Phi) is 8.62. The third-order valence-corrected chi connectivity index (χ3v) is 7.00. The fourth-order valence-electron chi connectivity index (χ4n) is 3.35. The fraction of sp³-hybridized carbons (Fsp3) is 0.231. The molecule has 0 bridgehead atoms. The molecule has 0 aliphatic rings. The van der Waals surface area contributed by atoms with Gasteiger partial charge < -0.3 is 14.2 Å². The van der Waals surface area contributed by atoms with Crippen molar-refractivity contribution in [3.05, 3.63) is 89.5 Å². The SMILES string of the molecule is COc1ccc(C(=O)OCCOc2ccccc2C(C)=O)cc1S(=O)(=O)N(C)Cc1ccccc1. The second-order valence-corrected chi connectivity index (χ2v) is 9.66. The summed E-state index contributed by atoms with van der Waals surface area (Å²) in [5, 5.41) is 0. The van der Waals surface area contributed by atoms with Crippen LogP contribution in [0.1, 0.15) is 33.2 Å². The van der Waals surface area contributed by atoms with Crippen LogP contribution in [0.5, 0.6) is 11.5 Å². The largest absolute Gasteiger partial charge is 0.495 e. The topological polar surface area (TPSA) is 99.2 Å². The molecule has 8 nitrogen and oxygen atoms in total. The first kappa shape index (κ1) is 25.9. The van der Waals surface area contributed by atoms with Crippen LogP contribution in [0.4, 0.5) is 0 Å². The van der Waals surface area contributed by atoms with E-state index in [-0.39, 0.29) is 41.8 Å². The molecule has 0 aromatic heterocycles. The Morgan fingerprint density at radius 3 is 2.26 bits per heavy atom. The van der Waals surface area contributed by atoms with Gasteiger partial charge in [-0.2, -0.15) is 4.31 Å². The zero-order chi connectivity index (χ0) is 25.4. The van der Waals surface area contributed by atoms with Gasteiger partial charge in [-0.3, -0.25) is 4.79 Å². The average molecular weight is 498 g/mol. The van der Waals surface area contributed by atoms with Crippen molar-refractivity contribution in [2.75, 3.05) is 27.4 Å². The summed E-state index contributed by atoms with van der Waals surface area (Å²) in [6.07, 6.45) is 0. The van der Waals surface area contributed by atoms with Gasteiger partial charge in [0.05, 0.1) is 18.2 Å². The van der Waals surface area contributed by atoms with Crippen molar-refractivity contribution >= 4 is 21.8 Å². The van der Waals surface area contributed by atoms with Crippen LogP contribution >= 0.6 is 0 Å². The molecular weight excluding hydrogens is 470 g/mol. The Morgan fingerprint density at radius 2 is 1.57 bits per heavy atom. The summed E-state index contributed by atoms with van der Waals surface area (Å²) in [4.78, 5) is 24.1. The Bertz CT molecular complexity index is 1290. The number of nitrogens with zero attached hydrogens (tertiary/aromatic N) is 1. The molecule has 0 amide bonds. The van der Waals surface area contributed by atoms with Crippen molar-refractivity contribution in [2.24, 2.45) is 0 Å². The van der Waals surface area contributed by atoms with Crippen LogP contribution in [0.2, 0.25) is 0 Å². The highest BCUT2D eigenvalue weighted by atomic mass is 32.2. The Balaban J connectivity index is 1.69. The quantitative estimate of drug-likeness (QED) is 0.225. The van der Waals surface area contributed by atoms with Crippen LogP contribution in [0.15, 0.2) is 77.7 Å². The average Bonchev–Trinajstić information content (AvgIpc) is 2.86. The predicted octanol–water partition coefficient (Wildman–Crippen LogP) is 3.95. The van der Waals surface area contributed by atoms with E-state index in [9.17, 15) is 18.0 Å². The molecule has 0 fully saturated rings. The number of rotatable bonds is 11. The second kappa shape index (κ2) is 11.6. The van der Waals surface area contributed by atoms with E-state index in [4.69, 9.17) is 14.2 Å². The van der Waals surface area contributed by atoms with E-state index in [0.29, 0.717) is 11.3 Å². The Labute approximate surface area is 205 Å². The molecule has 0 heterocycles. The molecule has 0 unspecified atom stereocenters. The molecule has 3 aromatic carbocycles. The molecule has 0 radical (unpaired) electrons. The lowest BCUT2D eigenvalue weighted by Gasteiger charge is -2.19. The van der Waals surface area contributed by atoms with E-state index in [2.05, 4.69) is 0 Å². The molecule has 184 valence electrons. The molecule has 0 saturated heterocycles. The predicted molar refractivity (Wildman–Crippen MR) is 130 cm³/mol. The number of ketones is 1. The number of esters is 1. The normalized spacial score (nSPS) is 11.2. The van der Waals surface area contributed by atoms with E-state index >= 15 is 0 Å². The van der Waals surface area contributed by atoms with Gasteiger partial charge in [0.2, 0.25) is 10.0 Å². The second-order valence-electron chi connectivity index (χ2n) is 7.65. The monoisotopic (exact) mass is 497 g/mol. The van der Waals surface area contributed by atoms with Gasteiger partial charge in [-0.05, 0) is 42.8 Å². The van der Waals surface area contributed by atoms with Crippen LogP contribution < -0.4 is 9.47 Å². The van der Waals surface area contributed by atoms with Gasteiger partial charge in [-0.1, -0.05) is 42.5 Å².